The Bertz CT molecular complexity index is 1490. The van der Waals surface area contributed by atoms with Crippen LogP contribution in [0.4, 0.5) is 19.3 Å². The summed E-state index contributed by atoms with van der Waals surface area (Å²) in [6, 6.07) is 14.5. The lowest BCUT2D eigenvalue weighted by atomic mass is 10.0. The Hall–Kier alpha value is -3.70. The van der Waals surface area contributed by atoms with Crippen LogP contribution in [0.3, 0.4) is 0 Å². The molecule has 2 atom stereocenters. The second kappa shape index (κ2) is 12.2. The van der Waals surface area contributed by atoms with E-state index >= 15 is 0 Å². The molecule has 0 radical (unpaired) electrons. The molecule has 0 unspecified atom stereocenters. The normalized spacial score (nSPS) is 15.4. The molecule has 1 amide bonds. The number of carboxylic acid groups (broad SMARTS) is 1. The quantitative estimate of drug-likeness (QED) is 0.372. The summed E-state index contributed by atoms with van der Waals surface area (Å²) in [4.78, 5) is 27.6. The third-order valence-electron chi connectivity index (χ3n) is 6.74. The van der Waals surface area contributed by atoms with Crippen molar-refractivity contribution in [1.82, 2.24) is 4.90 Å². The van der Waals surface area contributed by atoms with Crippen molar-refractivity contribution in [2.75, 3.05) is 37.7 Å². The Morgan fingerprint density at radius 2 is 1.65 bits per heavy atom. The molecule has 1 fully saturated rings. The third kappa shape index (κ3) is 6.37. The molecule has 0 bridgehead atoms. The highest BCUT2D eigenvalue weighted by atomic mass is 35.5. The van der Waals surface area contributed by atoms with E-state index in [9.17, 15) is 31.9 Å². The number of ether oxygens (including phenoxy) is 1. The summed E-state index contributed by atoms with van der Waals surface area (Å²) >= 11 is 5.89. The molecule has 8 nitrogen and oxygen atoms in total. The van der Waals surface area contributed by atoms with Crippen molar-refractivity contribution < 1.29 is 36.6 Å². The van der Waals surface area contributed by atoms with E-state index in [1.807, 2.05) is 4.90 Å². The van der Waals surface area contributed by atoms with E-state index in [1.165, 1.54) is 42.2 Å². The lowest BCUT2D eigenvalue weighted by Gasteiger charge is -2.36. The first kappa shape index (κ1) is 29.3. The summed E-state index contributed by atoms with van der Waals surface area (Å²) in [7, 11) is -4.26. The lowest BCUT2D eigenvalue weighted by Crippen LogP contribution is -2.49. The van der Waals surface area contributed by atoms with Crippen molar-refractivity contribution in [3.8, 4) is 0 Å². The molecule has 0 aromatic heterocycles. The molecule has 40 heavy (non-hydrogen) atoms. The molecule has 3 aromatic rings. The Kier molecular flexibility index (Phi) is 8.95. The first-order valence-corrected chi connectivity index (χ1v) is 14.3. The van der Waals surface area contributed by atoms with Crippen LogP contribution < -0.4 is 4.90 Å². The van der Waals surface area contributed by atoms with Crippen molar-refractivity contribution in [1.29, 1.82) is 0 Å². The van der Waals surface area contributed by atoms with E-state index in [-0.39, 0.29) is 35.7 Å². The summed E-state index contributed by atoms with van der Waals surface area (Å²) in [6.07, 6.45) is -0.694. The predicted octanol–water partition coefficient (Wildman–Crippen LogP) is 5.43. The predicted molar refractivity (Wildman–Crippen MR) is 145 cm³/mol. The number of carbonyl (C=O) groups excluding carboxylic acids is 1. The van der Waals surface area contributed by atoms with Gasteiger partial charge in [-0.1, -0.05) is 30.7 Å². The molecule has 12 heteroatoms. The van der Waals surface area contributed by atoms with Crippen LogP contribution in [0.15, 0.2) is 71.6 Å². The second-order valence-electron chi connectivity index (χ2n) is 9.44. The van der Waals surface area contributed by atoms with E-state index in [2.05, 4.69) is 0 Å². The molecule has 0 aliphatic carbocycles. The molecule has 0 saturated carbocycles. The number of hydrogen-bond donors (Lipinski definition) is 1. The number of rotatable bonds is 8. The van der Waals surface area contributed by atoms with Gasteiger partial charge in [0.25, 0.3) is 0 Å². The number of aromatic carboxylic acids is 1. The zero-order chi connectivity index (χ0) is 29.0. The van der Waals surface area contributed by atoms with Crippen LogP contribution in [0.2, 0.25) is 5.02 Å². The van der Waals surface area contributed by atoms with Gasteiger partial charge in [-0.15, -0.1) is 0 Å². The van der Waals surface area contributed by atoms with Crippen molar-refractivity contribution in [2.45, 2.75) is 17.1 Å². The van der Waals surface area contributed by atoms with E-state index in [0.29, 0.717) is 23.8 Å². The van der Waals surface area contributed by atoms with Crippen LogP contribution in [0.25, 0.3) is 0 Å². The van der Waals surface area contributed by atoms with Crippen molar-refractivity contribution in [2.24, 2.45) is 5.92 Å². The van der Waals surface area contributed by atoms with Gasteiger partial charge in [0.2, 0.25) is 0 Å². The minimum Gasteiger partial charge on any atom is -0.478 e. The average Bonchev–Trinajstić information content (AvgIpc) is 2.94. The number of hydrogen-bond acceptors (Lipinski definition) is 6. The standard InChI is InChI=1S/C28H27ClF2N2O6S/c1-18(17-39-28(36)33-14-12-32(13-15-33)25-5-3-2-4-22(25)27(34)35)26(23-16-20(30)8-11-24(23)31)40(37,38)21-9-6-19(29)7-10-21/h2-11,16,18,26H,12-15,17H2,1H3,(H,34,35)/t18-,26+/m1/s1. The molecule has 1 aliphatic rings. The topological polar surface area (TPSA) is 104 Å². The van der Waals surface area contributed by atoms with Gasteiger partial charge in [0.15, 0.2) is 9.84 Å². The molecule has 1 heterocycles. The minimum absolute atomic E-state index is 0.137. The van der Waals surface area contributed by atoms with Gasteiger partial charge in [-0.3, -0.25) is 0 Å². The summed E-state index contributed by atoms with van der Waals surface area (Å²) in [5, 5.41) is 8.21. The number of nitrogens with zero attached hydrogens (tertiary/aromatic N) is 2. The number of carbonyl (C=O) groups is 2. The van der Waals surface area contributed by atoms with Gasteiger partial charge >= 0.3 is 12.1 Å². The first-order chi connectivity index (χ1) is 19.0. The molecule has 3 aromatic carbocycles. The second-order valence-corrected chi connectivity index (χ2v) is 11.9. The Balaban J connectivity index is 1.48. The van der Waals surface area contributed by atoms with Gasteiger partial charge in [-0.05, 0) is 54.6 Å². The van der Waals surface area contributed by atoms with Gasteiger partial charge in [0.1, 0.15) is 11.6 Å². The van der Waals surface area contributed by atoms with Crippen LogP contribution in [0, 0.1) is 17.6 Å². The number of piperazine rings is 1. The smallest absolute Gasteiger partial charge is 0.409 e. The highest BCUT2D eigenvalue weighted by Gasteiger charge is 2.37. The van der Waals surface area contributed by atoms with Gasteiger partial charge in [-0.25, -0.2) is 26.8 Å². The maximum absolute atomic E-state index is 14.8. The Labute approximate surface area is 235 Å². The molecule has 1 saturated heterocycles. The summed E-state index contributed by atoms with van der Waals surface area (Å²) in [5.74, 6) is -3.71. The van der Waals surface area contributed by atoms with Crippen LogP contribution in [-0.2, 0) is 14.6 Å². The third-order valence-corrected chi connectivity index (χ3v) is 9.31. The van der Waals surface area contributed by atoms with E-state index in [1.54, 1.807) is 18.2 Å². The number of carboxylic acids is 1. The Morgan fingerprint density at radius 3 is 2.30 bits per heavy atom. The largest absolute Gasteiger partial charge is 0.478 e. The van der Waals surface area contributed by atoms with Gasteiger partial charge < -0.3 is 19.6 Å². The fraction of sp³-hybridized carbons (Fsp3) is 0.286. The zero-order valence-corrected chi connectivity index (χ0v) is 23.0. The van der Waals surface area contributed by atoms with Gasteiger partial charge in [0.05, 0.1) is 28.0 Å². The fourth-order valence-corrected chi connectivity index (χ4v) is 6.86. The minimum atomic E-state index is -4.26. The first-order valence-electron chi connectivity index (χ1n) is 12.4. The van der Waals surface area contributed by atoms with Gasteiger partial charge in [0, 0.05) is 42.7 Å². The van der Waals surface area contributed by atoms with E-state index in [0.717, 1.165) is 18.2 Å². The van der Waals surface area contributed by atoms with E-state index in [4.69, 9.17) is 16.3 Å². The zero-order valence-electron chi connectivity index (χ0n) is 21.5. The maximum atomic E-state index is 14.8. The van der Waals surface area contributed by atoms with Crippen LogP contribution >= 0.6 is 11.6 Å². The summed E-state index contributed by atoms with van der Waals surface area (Å²) in [6.45, 7) is 2.30. The molecule has 0 spiro atoms. The van der Waals surface area contributed by atoms with Crippen LogP contribution in [0.5, 0.6) is 0 Å². The van der Waals surface area contributed by atoms with Gasteiger partial charge in [-0.2, -0.15) is 0 Å². The number of sulfone groups is 1. The number of anilines is 1. The molecule has 212 valence electrons. The number of para-hydroxylation sites is 1. The molecule has 1 N–H and O–H groups in total. The van der Waals surface area contributed by atoms with Crippen LogP contribution in [0.1, 0.15) is 28.1 Å². The summed E-state index contributed by atoms with van der Waals surface area (Å²) in [5.41, 5.74) is 0.332. The number of amides is 1. The lowest BCUT2D eigenvalue weighted by molar-refractivity contribution is 0.0695. The van der Waals surface area contributed by atoms with Crippen molar-refractivity contribution in [3.63, 3.8) is 0 Å². The highest BCUT2D eigenvalue weighted by molar-refractivity contribution is 7.91. The van der Waals surface area contributed by atoms with Crippen LogP contribution in [-0.4, -0.2) is 63.3 Å². The highest BCUT2D eigenvalue weighted by Crippen LogP contribution is 2.37. The maximum Gasteiger partial charge on any atom is 0.409 e. The summed E-state index contributed by atoms with van der Waals surface area (Å²) < 4.78 is 61.6. The number of halogens is 3. The average molecular weight is 593 g/mol. The van der Waals surface area contributed by atoms with Crippen molar-refractivity contribution in [3.05, 3.63) is 94.5 Å². The molecular weight excluding hydrogens is 566 g/mol. The SMILES string of the molecule is C[C@H](COC(=O)N1CCN(c2ccccc2C(=O)O)CC1)[C@@H](c1cc(F)ccc1F)S(=O)(=O)c1ccc(Cl)cc1. The molecular formula is C28H27ClF2N2O6S. The van der Waals surface area contributed by atoms with E-state index < -0.39 is 44.7 Å². The fourth-order valence-electron chi connectivity index (χ4n) is 4.72. The monoisotopic (exact) mass is 592 g/mol. The number of benzene rings is 3. The van der Waals surface area contributed by atoms with Crippen molar-refractivity contribution >= 4 is 39.2 Å². The molecule has 4 rings (SSSR count). The Morgan fingerprint density at radius 1 is 1.00 bits per heavy atom. The molecule has 1 aliphatic heterocycles.